The second-order valence-electron chi connectivity index (χ2n) is 3.63. The second-order valence-corrected chi connectivity index (χ2v) is 4.54. The van der Waals surface area contributed by atoms with Crippen LogP contribution in [0.5, 0.6) is 11.6 Å². The van der Waals surface area contributed by atoms with Gasteiger partial charge in [-0.25, -0.2) is 9.78 Å². The van der Waals surface area contributed by atoms with E-state index in [1.54, 1.807) is 12.1 Å². The van der Waals surface area contributed by atoms with Crippen molar-refractivity contribution >= 4 is 27.6 Å². The summed E-state index contributed by atoms with van der Waals surface area (Å²) in [7, 11) is 1.29. The first-order chi connectivity index (χ1) is 9.11. The van der Waals surface area contributed by atoms with Crippen molar-refractivity contribution in [1.82, 2.24) is 4.98 Å². The van der Waals surface area contributed by atoms with Crippen molar-refractivity contribution in [3.05, 3.63) is 46.6 Å². The lowest BCUT2D eigenvalue weighted by molar-refractivity contribution is 0.0601. The van der Waals surface area contributed by atoms with Crippen LogP contribution in [0.2, 0.25) is 0 Å². The van der Waals surface area contributed by atoms with Gasteiger partial charge in [-0.15, -0.1) is 0 Å². The first kappa shape index (κ1) is 13.4. The van der Waals surface area contributed by atoms with Crippen LogP contribution in [-0.4, -0.2) is 18.1 Å². The molecule has 98 valence electrons. The summed E-state index contributed by atoms with van der Waals surface area (Å²) in [6, 6.07) is 8.70. The molecule has 1 heterocycles. The Morgan fingerprint density at radius 2 is 2.16 bits per heavy atom. The lowest BCUT2D eigenvalue weighted by Crippen LogP contribution is -2.07. The van der Waals surface area contributed by atoms with Crippen molar-refractivity contribution in [2.75, 3.05) is 12.8 Å². The minimum atomic E-state index is -0.529. The number of carbonyl (C=O) groups is 1. The van der Waals surface area contributed by atoms with Gasteiger partial charge in [0.1, 0.15) is 11.4 Å². The monoisotopic (exact) mass is 322 g/mol. The van der Waals surface area contributed by atoms with E-state index in [4.69, 9.17) is 10.5 Å². The quantitative estimate of drug-likeness (QED) is 0.879. The molecule has 0 aliphatic heterocycles. The molecule has 0 fully saturated rings. The van der Waals surface area contributed by atoms with Gasteiger partial charge in [0.05, 0.1) is 12.7 Å². The maximum absolute atomic E-state index is 11.5. The van der Waals surface area contributed by atoms with Crippen LogP contribution in [0.15, 0.2) is 41.0 Å². The summed E-state index contributed by atoms with van der Waals surface area (Å²) >= 11 is 3.34. The molecule has 2 N–H and O–H groups in total. The molecule has 1 aromatic carbocycles. The molecule has 0 atom stereocenters. The minimum Gasteiger partial charge on any atom is -0.465 e. The third-order valence-electron chi connectivity index (χ3n) is 2.37. The lowest BCUT2D eigenvalue weighted by Gasteiger charge is -2.09. The van der Waals surface area contributed by atoms with Gasteiger partial charge in [-0.2, -0.15) is 0 Å². The first-order valence-electron chi connectivity index (χ1n) is 5.38. The maximum Gasteiger partial charge on any atom is 0.340 e. The fourth-order valence-electron chi connectivity index (χ4n) is 1.47. The van der Waals surface area contributed by atoms with E-state index >= 15 is 0 Å². The number of ether oxygens (including phenoxy) is 2. The van der Waals surface area contributed by atoms with Crippen LogP contribution in [0.1, 0.15) is 10.4 Å². The van der Waals surface area contributed by atoms with Crippen LogP contribution in [0, 0.1) is 0 Å². The highest BCUT2D eigenvalue weighted by Gasteiger charge is 2.15. The molecule has 0 radical (unpaired) electrons. The molecule has 0 spiro atoms. The van der Waals surface area contributed by atoms with Gasteiger partial charge in [-0.05, 0) is 24.3 Å². The second kappa shape index (κ2) is 5.71. The number of hydrogen-bond acceptors (Lipinski definition) is 5. The Labute approximate surface area is 118 Å². The number of halogens is 1. The number of pyridine rings is 1. The Kier molecular flexibility index (Phi) is 4.01. The van der Waals surface area contributed by atoms with Crippen molar-refractivity contribution in [1.29, 1.82) is 0 Å². The van der Waals surface area contributed by atoms with E-state index in [9.17, 15) is 4.79 Å². The number of nitrogen functional groups attached to an aromatic ring is 1. The number of nitrogens with two attached hydrogens (primary N) is 1. The van der Waals surface area contributed by atoms with E-state index in [0.29, 0.717) is 5.75 Å². The fourth-order valence-corrected chi connectivity index (χ4v) is 1.84. The van der Waals surface area contributed by atoms with Crippen LogP contribution < -0.4 is 10.5 Å². The van der Waals surface area contributed by atoms with Crippen LogP contribution in [0.4, 0.5) is 5.69 Å². The van der Waals surface area contributed by atoms with Gasteiger partial charge in [0.2, 0.25) is 5.88 Å². The SMILES string of the molecule is COC(=O)c1ccnc(Oc2cccc(Br)c2)c1N. The van der Waals surface area contributed by atoms with Crippen molar-refractivity contribution in [2.24, 2.45) is 0 Å². The summed E-state index contributed by atoms with van der Waals surface area (Å²) in [5.74, 6) is 0.204. The van der Waals surface area contributed by atoms with Crippen LogP contribution in [-0.2, 0) is 4.74 Å². The molecule has 0 unspecified atom stereocenters. The lowest BCUT2D eigenvalue weighted by atomic mass is 10.2. The van der Waals surface area contributed by atoms with Crippen molar-refractivity contribution in [3.63, 3.8) is 0 Å². The van der Waals surface area contributed by atoms with Gasteiger partial charge in [-0.3, -0.25) is 0 Å². The Balaban J connectivity index is 2.33. The highest BCUT2D eigenvalue weighted by molar-refractivity contribution is 9.10. The van der Waals surface area contributed by atoms with Crippen molar-refractivity contribution in [3.8, 4) is 11.6 Å². The average molecular weight is 323 g/mol. The molecule has 1 aromatic heterocycles. The number of carbonyl (C=O) groups excluding carboxylic acids is 1. The molecule has 0 bridgehead atoms. The molecule has 2 aromatic rings. The maximum atomic E-state index is 11.5. The summed E-state index contributed by atoms with van der Waals surface area (Å²) in [5, 5.41) is 0. The summed E-state index contributed by atoms with van der Waals surface area (Å²) in [5.41, 5.74) is 6.22. The molecule has 0 saturated heterocycles. The number of methoxy groups -OCH3 is 1. The Morgan fingerprint density at radius 3 is 2.84 bits per heavy atom. The molecule has 19 heavy (non-hydrogen) atoms. The zero-order valence-corrected chi connectivity index (χ0v) is 11.7. The number of rotatable bonds is 3. The zero-order valence-electron chi connectivity index (χ0n) is 10.1. The van der Waals surface area contributed by atoms with E-state index in [-0.39, 0.29) is 17.1 Å². The van der Waals surface area contributed by atoms with E-state index in [1.165, 1.54) is 19.4 Å². The molecular formula is C13H11BrN2O3. The van der Waals surface area contributed by atoms with Crippen LogP contribution >= 0.6 is 15.9 Å². The predicted octanol–water partition coefficient (Wildman–Crippen LogP) is 3.01. The highest BCUT2D eigenvalue weighted by atomic mass is 79.9. The van der Waals surface area contributed by atoms with Gasteiger partial charge in [0.25, 0.3) is 0 Å². The smallest absolute Gasteiger partial charge is 0.340 e. The predicted molar refractivity (Wildman–Crippen MR) is 74.2 cm³/mol. The summed E-state index contributed by atoms with van der Waals surface area (Å²) in [6.45, 7) is 0. The van der Waals surface area contributed by atoms with Crippen molar-refractivity contribution < 1.29 is 14.3 Å². The number of anilines is 1. The number of aromatic nitrogens is 1. The number of esters is 1. The topological polar surface area (TPSA) is 74.4 Å². The molecule has 2 rings (SSSR count). The highest BCUT2D eigenvalue weighted by Crippen LogP contribution is 2.29. The van der Waals surface area contributed by atoms with E-state index in [1.807, 2.05) is 12.1 Å². The molecule has 5 nitrogen and oxygen atoms in total. The molecule has 0 aliphatic rings. The van der Waals surface area contributed by atoms with Crippen molar-refractivity contribution in [2.45, 2.75) is 0 Å². The average Bonchev–Trinajstić information content (AvgIpc) is 2.40. The zero-order chi connectivity index (χ0) is 13.8. The van der Waals surface area contributed by atoms with Gasteiger partial charge >= 0.3 is 5.97 Å². The number of nitrogens with zero attached hydrogens (tertiary/aromatic N) is 1. The third-order valence-corrected chi connectivity index (χ3v) is 2.86. The molecule has 0 amide bonds. The fraction of sp³-hybridized carbons (Fsp3) is 0.0769. The molecular weight excluding hydrogens is 312 g/mol. The Morgan fingerprint density at radius 1 is 1.37 bits per heavy atom. The van der Waals surface area contributed by atoms with E-state index in [0.717, 1.165) is 4.47 Å². The Hall–Kier alpha value is -2.08. The largest absolute Gasteiger partial charge is 0.465 e. The van der Waals surface area contributed by atoms with Gasteiger partial charge in [0.15, 0.2) is 0 Å². The molecule has 6 heteroatoms. The normalized spacial score (nSPS) is 10.0. The van der Waals surface area contributed by atoms with Crippen LogP contribution in [0.3, 0.4) is 0 Å². The summed E-state index contributed by atoms with van der Waals surface area (Å²) < 4.78 is 11.1. The van der Waals surface area contributed by atoms with Gasteiger partial charge in [0, 0.05) is 10.7 Å². The molecule has 0 aliphatic carbocycles. The van der Waals surface area contributed by atoms with Gasteiger partial charge in [-0.1, -0.05) is 22.0 Å². The third kappa shape index (κ3) is 3.03. The Bertz CT molecular complexity index is 617. The number of hydrogen-bond donors (Lipinski definition) is 1. The standard InChI is InChI=1S/C13H11BrN2O3/c1-18-13(17)10-5-6-16-12(11(10)15)19-9-4-2-3-8(14)7-9/h2-7H,15H2,1H3. The summed E-state index contributed by atoms with van der Waals surface area (Å²) in [4.78, 5) is 15.5. The minimum absolute atomic E-state index is 0.148. The molecule has 0 saturated carbocycles. The van der Waals surface area contributed by atoms with Gasteiger partial charge < -0.3 is 15.2 Å². The summed E-state index contributed by atoms with van der Waals surface area (Å²) in [6.07, 6.45) is 1.44. The van der Waals surface area contributed by atoms with E-state index < -0.39 is 5.97 Å². The van der Waals surface area contributed by atoms with E-state index in [2.05, 4.69) is 25.7 Å². The first-order valence-corrected chi connectivity index (χ1v) is 6.17. The number of benzene rings is 1. The van der Waals surface area contributed by atoms with Crippen LogP contribution in [0.25, 0.3) is 0 Å².